The van der Waals surface area contributed by atoms with Gasteiger partial charge in [-0.25, -0.2) is 17.9 Å². The van der Waals surface area contributed by atoms with Crippen molar-refractivity contribution in [1.82, 2.24) is 15.4 Å². The zero-order valence-corrected chi connectivity index (χ0v) is 21.3. The van der Waals surface area contributed by atoms with Crippen molar-refractivity contribution in [3.63, 3.8) is 0 Å². The number of hydrogen-bond acceptors (Lipinski definition) is 6. The summed E-state index contributed by atoms with van der Waals surface area (Å²) in [6.45, 7) is 8.44. The molecule has 0 aromatic heterocycles. The average molecular weight is 492 g/mol. The number of methoxy groups -OCH3 is 1. The maximum Gasteiger partial charge on any atom is 0.328 e. The second-order valence-electron chi connectivity index (χ2n) is 8.57. The minimum atomic E-state index is -4.15. The largest absolute Gasteiger partial charge is 0.496 e. The van der Waals surface area contributed by atoms with Gasteiger partial charge < -0.3 is 20.1 Å². The van der Waals surface area contributed by atoms with E-state index in [4.69, 9.17) is 9.47 Å². The molecule has 34 heavy (non-hydrogen) atoms. The van der Waals surface area contributed by atoms with Gasteiger partial charge in [-0.15, -0.1) is 0 Å². The summed E-state index contributed by atoms with van der Waals surface area (Å²) >= 11 is 0. The maximum absolute atomic E-state index is 12.9. The molecular weight excluding hydrogens is 458 g/mol. The van der Waals surface area contributed by atoms with Crippen LogP contribution in [-0.2, 0) is 21.9 Å². The summed E-state index contributed by atoms with van der Waals surface area (Å²) in [5.41, 5.74) is 1.95. The molecule has 0 saturated heterocycles. The fraction of sp³-hybridized carbons (Fsp3) is 0.417. The molecule has 0 fully saturated rings. The van der Waals surface area contributed by atoms with E-state index < -0.39 is 16.1 Å². The van der Waals surface area contributed by atoms with Crippen LogP contribution in [0.5, 0.6) is 11.5 Å². The molecule has 3 amide bonds. The Morgan fingerprint density at radius 2 is 1.71 bits per heavy atom. The van der Waals surface area contributed by atoms with E-state index in [9.17, 15) is 18.0 Å². The second kappa shape index (κ2) is 11.2. The number of nitrogens with one attached hydrogen (secondary N) is 3. The molecule has 2 rings (SSSR count). The summed E-state index contributed by atoms with van der Waals surface area (Å²) in [5.74, 6) is 0.318. The van der Waals surface area contributed by atoms with E-state index in [1.54, 1.807) is 19.1 Å². The number of urea groups is 1. The lowest BCUT2D eigenvalue weighted by atomic mass is 9.86. The first-order valence-corrected chi connectivity index (χ1v) is 12.4. The third-order valence-electron chi connectivity index (χ3n) is 5.06. The van der Waals surface area contributed by atoms with Gasteiger partial charge in [-0.05, 0) is 54.2 Å². The summed E-state index contributed by atoms with van der Waals surface area (Å²) in [6, 6.07) is 9.37. The molecule has 0 bridgehead atoms. The van der Waals surface area contributed by atoms with E-state index in [0.29, 0.717) is 23.3 Å². The van der Waals surface area contributed by atoms with Crippen molar-refractivity contribution in [2.24, 2.45) is 0 Å². The van der Waals surface area contributed by atoms with Crippen LogP contribution < -0.4 is 24.8 Å². The summed E-state index contributed by atoms with van der Waals surface area (Å²) in [6.07, 6.45) is 0.363. The van der Waals surface area contributed by atoms with Crippen LogP contribution in [0.25, 0.3) is 0 Å². The normalized spacial score (nSPS) is 11.5. The number of ether oxygens (including phenoxy) is 2. The molecule has 0 spiro atoms. The molecule has 0 heterocycles. The summed E-state index contributed by atoms with van der Waals surface area (Å²) in [5, 5.41) is 5.07. The van der Waals surface area contributed by atoms with Gasteiger partial charge in [-0.1, -0.05) is 32.9 Å². The number of carbonyl (C=O) groups is 2. The van der Waals surface area contributed by atoms with Gasteiger partial charge in [0.2, 0.25) is 0 Å². The Kier molecular flexibility index (Phi) is 8.92. The first-order chi connectivity index (χ1) is 15.9. The SMILES string of the molecule is CCOc1ccc(CCNC(=O)c2cc(C(C)(C)C)ccc2OC)cc1S(=O)(=O)NC(=O)NC. The zero-order chi connectivity index (χ0) is 25.5. The Labute approximate surface area is 201 Å². The number of rotatable bonds is 9. The van der Waals surface area contributed by atoms with Gasteiger partial charge in [0.15, 0.2) is 0 Å². The van der Waals surface area contributed by atoms with Crippen molar-refractivity contribution in [2.75, 3.05) is 27.3 Å². The monoisotopic (exact) mass is 491 g/mol. The highest BCUT2D eigenvalue weighted by Crippen LogP contribution is 2.28. The Morgan fingerprint density at radius 3 is 2.29 bits per heavy atom. The van der Waals surface area contributed by atoms with Gasteiger partial charge in [-0.2, -0.15) is 0 Å². The minimum Gasteiger partial charge on any atom is -0.496 e. The fourth-order valence-electron chi connectivity index (χ4n) is 3.19. The second-order valence-corrected chi connectivity index (χ2v) is 10.2. The van der Waals surface area contributed by atoms with Crippen molar-refractivity contribution < 1.29 is 27.5 Å². The van der Waals surface area contributed by atoms with Crippen LogP contribution >= 0.6 is 0 Å². The van der Waals surface area contributed by atoms with Gasteiger partial charge in [0.25, 0.3) is 15.9 Å². The van der Waals surface area contributed by atoms with Crippen LogP contribution in [0.2, 0.25) is 0 Å². The lowest BCUT2D eigenvalue weighted by molar-refractivity contribution is 0.0951. The van der Waals surface area contributed by atoms with Gasteiger partial charge in [-0.3, -0.25) is 4.79 Å². The Bertz CT molecular complexity index is 1140. The van der Waals surface area contributed by atoms with Gasteiger partial charge in [0, 0.05) is 13.6 Å². The van der Waals surface area contributed by atoms with E-state index in [0.717, 1.165) is 5.56 Å². The Balaban J connectivity index is 2.20. The maximum atomic E-state index is 12.9. The van der Waals surface area contributed by atoms with Crippen LogP contribution in [0.4, 0.5) is 4.79 Å². The van der Waals surface area contributed by atoms with Crippen LogP contribution in [0.1, 0.15) is 49.2 Å². The molecule has 10 heteroatoms. The van der Waals surface area contributed by atoms with Gasteiger partial charge in [0.1, 0.15) is 16.4 Å². The molecular formula is C24H33N3O6S. The molecule has 0 radical (unpaired) electrons. The first-order valence-electron chi connectivity index (χ1n) is 10.9. The number of amides is 3. The fourth-order valence-corrected chi connectivity index (χ4v) is 4.34. The van der Waals surface area contributed by atoms with E-state index >= 15 is 0 Å². The number of benzene rings is 2. The molecule has 0 atom stereocenters. The van der Waals surface area contributed by atoms with Gasteiger partial charge in [0.05, 0.1) is 19.3 Å². The molecule has 9 nitrogen and oxygen atoms in total. The van der Waals surface area contributed by atoms with E-state index in [2.05, 4.69) is 31.4 Å². The van der Waals surface area contributed by atoms with Crippen LogP contribution in [-0.4, -0.2) is 47.7 Å². The molecule has 2 aromatic carbocycles. The Hall–Kier alpha value is -3.27. The van der Waals surface area contributed by atoms with Crippen molar-refractivity contribution in [1.29, 1.82) is 0 Å². The third kappa shape index (κ3) is 6.86. The van der Waals surface area contributed by atoms with Crippen molar-refractivity contribution in [2.45, 2.75) is 44.4 Å². The van der Waals surface area contributed by atoms with Crippen molar-refractivity contribution in [3.8, 4) is 11.5 Å². The molecule has 0 aliphatic heterocycles. The number of hydrogen-bond donors (Lipinski definition) is 3. The number of sulfonamides is 1. The summed E-state index contributed by atoms with van der Waals surface area (Å²) in [7, 11) is -1.32. The highest BCUT2D eigenvalue weighted by atomic mass is 32.2. The van der Waals surface area contributed by atoms with Crippen LogP contribution in [0.15, 0.2) is 41.3 Å². The predicted octanol–water partition coefficient (Wildman–Crippen LogP) is 2.98. The highest BCUT2D eigenvalue weighted by molar-refractivity contribution is 7.90. The predicted molar refractivity (Wildman–Crippen MR) is 130 cm³/mol. The molecule has 0 aliphatic rings. The molecule has 0 aliphatic carbocycles. The minimum absolute atomic E-state index is 0.131. The first kappa shape index (κ1) is 27.0. The summed E-state index contributed by atoms with van der Waals surface area (Å²) in [4.78, 5) is 24.3. The van der Waals surface area contributed by atoms with Crippen LogP contribution in [0, 0.1) is 0 Å². The third-order valence-corrected chi connectivity index (χ3v) is 6.41. The van der Waals surface area contributed by atoms with E-state index in [1.807, 2.05) is 16.9 Å². The van der Waals surface area contributed by atoms with Crippen LogP contribution in [0.3, 0.4) is 0 Å². The zero-order valence-electron chi connectivity index (χ0n) is 20.4. The molecule has 2 aromatic rings. The van der Waals surface area contributed by atoms with Gasteiger partial charge >= 0.3 is 6.03 Å². The number of carbonyl (C=O) groups excluding carboxylic acids is 2. The quantitative estimate of drug-likeness (QED) is 0.496. The van der Waals surface area contributed by atoms with Crippen molar-refractivity contribution >= 4 is 22.0 Å². The van der Waals surface area contributed by atoms with Crippen molar-refractivity contribution in [3.05, 3.63) is 53.1 Å². The topological polar surface area (TPSA) is 123 Å². The lowest BCUT2D eigenvalue weighted by Gasteiger charge is -2.21. The standard InChI is InChI=1S/C24H33N3O6S/c1-7-33-20-10-8-16(14-21(20)34(30,31)27-23(29)25-5)12-13-26-22(28)18-15-17(24(2,3)4)9-11-19(18)32-6/h8-11,14-15H,7,12-13H2,1-6H3,(H,26,28)(H2,25,27,29). The molecule has 186 valence electrons. The molecule has 0 unspecified atom stereocenters. The lowest BCUT2D eigenvalue weighted by Crippen LogP contribution is -2.37. The Morgan fingerprint density at radius 1 is 1.03 bits per heavy atom. The average Bonchev–Trinajstić information content (AvgIpc) is 2.78. The molecule has 0 saturated carbocycles. The van der Waals surface area contributed by atoms with E-state index in [-0.39, 0.29) is 35.1 Å². The summed E-state index contributed by atoms with van der Waals surface area (Å²) < 4.78 is 38.0. The smallest absolute Gasteiger partial charge is 0.328 e. The van der Waals surface area contributed by atoms with E-state index in [1.165, 1.54) is 26.3 Å². The highest BCUT2D eigenvalue weighted by Gasteiger charge is 2.23. The molecule has 3 N–H and O–H groups in total.